The Bertz CT molecular complexity index is 1130. The summed E-state index contributed by atoms with van der Waals surface area (Å²) in [6, 6.07) is 22.9. The Balaban J connectivity index is 1.40. The number of para-hydroxylation sites is 1. The van der Waals surface area contributed by atoms with E-state index in [4.69, 9.17) is 4.74 Å². The Hall–Kier alpha value is -3.58. The van der Waals surface area contributed by atoms with Gasteiger partial charge in [-0.25, -0.2) is 4.39 Å². The third-order valence-corrected chi connectivity index (χ3v) is 6.69. The number of rotatable bonds is 9. The molecule has 0 unspecified atom stereocenters. The third-order valence-electron chi connectivity index (χ3n) is 6.69. The summed E-state index contributed by atoms with van der Waals surface area (Å²) in [5.41, 5.74) is 4.33. The van der Waals surface area contributed by atoms with E-state index < -0.39 is 0 Å². The number of carbonyl (C=O) groups excluding carboxylic acids is 1. The highest BCUT2D eigenvalue weighted by atomic mass is 19.1. The quantitative estimate of drug-likeness (QED) is 0.486. The number of benzene rings is 3. The minimum Gasteiger partial charge on any atom is -0.484 e. The third kappa shape index (κ3) is 6.55. The second-order valence-electron chi connectivity index (χ2n) is 9.36. The van der Waals surface area contributed by atoms with Crippen molar-refractivity contribution in [3.63, 3.8) is 0 Å². The second kappa shape index (κ2) is 11.9. The van der Waals surface area contributed by atoms with Gasteiger partial charge in [0.2, 0.25) is 0 Å². The molecule has 1 N–H and O–H groups in total. The van der Waals surface area contributed by atoms with Crippen molar-refractivity contribution < 1.29 is 13.9 Å². The average molecular weight is 491 g/mol. The maximum Gasteiger partial charge on any atom is 0.258 e. The molecule has 1 aliphatic heterocycles. The monoisotopic (exact) mass is 490 g/mol. The van der Waals surface area contributed by atoms with E-state index in [0.717, 1.165) is 54.4 Å². The van der Waals surface area contributed by atoms with Crippen molar-refractivity contribution in [2.75, 3.05) is 63.2 Å². The van der Waals surface area contributed by atoms with Crippen LogP contribution >= 0.6 is 0 Å². The predicted molar refractivity (Wildman–Crippen MR) is 143 cm³/mol. The number of halogens is 1. The predicted octanol–water partition coefficient (Wildman–Crippen LogP) is 4.26. The molecule has 3 aromatic rings. The van der Waals surface area contributed by atoms with Gasteiger partial charge in [0.25, 0.3) is 5.91 Å². The van der Waals surface area contributed by atoms with E-state index in [-0.39, 0.29) is 24.4 Å². The summed E-state index contributed by atoms with van der Waals surface area (Å²) in [6.45, 7) is 5.79. The molecule has 3 aromatic carbocycles. The van der Waals surface area contributed by atoms with Crippen molar-refractivity contribution in [1.29, 1.82) is 0 Å². The van der Waals surface area contributed by atoms with E-state index >= 15 is 0 Å². The number of piperazine rings is 1. The van der Waals surface area contributed by atoms with Crippen LogP contribution < -0.4 is 19.9 Å². The number of carbonyl (C=O) groups is 1. The lowest BCUT2D eigenvalue weighted by Crippen LogP contribution is -2.50. The Morgan fingerprint density at radius 2 is 1.64 bits per heavy atom. The topological polar surface area (TPSA) is 48.1 Å². The fourth-order valence-electron chi connectivity index (χ4n) is 4.52. The number of aryl methyl sites for hydroxylation is 1. The smallest absolute Gasteiger partial charge is 0.258 e. The van der Waals surface area contributed by atoms with Crippen molar-refractivity contribution in [3.05, 3.63) is 89.7 Å². The van der Waals surface area contributed by atoms with Crippen LogP contribution in [0.4, 0.5) is 15.8 Å². The van der Waals surface area contributed by atoms with Gasteiger partial charge in [0.05, 0.1) is 6.04 Å². The molecule has 190 valence electrons. The molecule has 0 aliphatic carbocycles. The largest absolute Gasteiger partial charge is 0.484 e. The van der Waals surface area contributed by atoms with E-state index in [0.29, 0.717) is 6.54 Å². The van der Waals surface area contributed by atoms with Crippen molar-refractivity contribution in [3.8, 4) is 5.75 Å². The number of hydrogen-bond donors (Lipinski definition) is 1. The molecule has 1 fully saturated rings. The lowest BCUT2D eigenvalue weighted by Gasteiger charge is -2.40. The molecule has 7 heteroatoms. The van der Waals surface area contributed by atoms with E-state index in [1.54, 1.807) is 0 Å². The van der Waals surface area contributed by atoms with Crippen LogP contribution in [0.5, 0.6) is 5.75 Å². The van der Waals surface area contributed by atoms with E-state index in [1.807, 2.05) is 57.4 Å². The maximum atomic E-state index is 13.3. The number of amides is 1. The molecule has 36 heavy (non-hydrogen) atoms. The molecule has 1 saturated heterocycles. The van der Waals surface area contributed by atoms with Gasteiger partial charge >= 0.3 is 0 Å². The Labute approximate surface area is 213 Å². The van der Waals surface area contributed by atoms with Gasteiger partial charge < -0.3 is 19.9 Å². The fraction of sp³-hybridized carbons (Fsp3) is 0.345. The molecular weight excluding hydrogens is 455 g/mol. The van der Waals surface area contributed by atoms with Crippen LogP contribution in [0.15, 0.2) is 72.8 Å². The summed E-state index contributed by atoms with van der Waals surface area (Å²) >= 11 is 0. The summed E-state index contributed by atoms with van der Waals surface area (Å²) in [5, 5.41) is 3.08. The normalized spacial score (nSPS) is 14.8. The van der Waals surface area contributed by atoms with Crippen LogP contribution in [0, 0.1) is 12.7 Å². The van der Waals surface area contributed by atoms with Crippen molar-refractivity contribution >= 4 is 17.3 Å². The summed E-state index contributed by atoms with van der Waals surface area (Å²) < 4.78 is 19.1. The van der Waals surface area contributed by atoms with Crippen molar-refractivity contribution in [2.24, 2.45) is 0 Å². The van der Waals surface area contributed by atoms with Gasteiger partial charge in [-0.2, -0.15) is 0 Å². The maximum absolute atomic E-state index is 13.3. The molecule has 0 aromatic heterocycles. The average Bonchev–Trinajstić information content (AvgIpc) is 2.89. The first-order chi connectivity index (χ1) is 17.4. The first kappa shape index (κ1) is 25.5. The zero-order valence-electron chi connectivity index (χ0n) is 21.3. The zero-order chi connectivity index (χ0) is 25.5. The van der Waals surface area contributed by atoms with E-state index in [9.17, 15) is 9.18 Å². The molecule has 1 atom stereocenters. The van der Waals surface area contributed by atoms with Crippen LogP contribution in [0.3, 0.4) is 0 Å². The van der Waals surface area contributed by atoms with Gasteiger partial charge in [0.15, 0.2) is 6.61 Å². The Morgan fingerprint density at radius 1 is 0.972 bits per heavy atom. The standard InChI is InChI=1S/C29H35FN4O2/c1-22-6-4-5-7-28(22)36-21-29(35)31-20-27(23-8-12-25(13-9-23)32(2)3)34-18-16-33(17-19-34)26-14-10-24(30)11-15-26/h4-15,27H,16-21H2,1-3H3,(H,31,35)/t27-/m0/s1. The summed E-state index contributed by atoms with van der Waals surface area (Å²) in [7, 11) is 4.05. The van der Waals surface area contributed by atoms with Crippen LogP contribution in [0.2, 0.25) is 0 Å². The summed E-state index contributed by atoms with van der Waals surface area (Å²) in [5.74, 6) is 0.360. The van der Waals surface area contributed by atoms with Crippen LogP contribution in [0.25, 0.3) is 0 Å². The van der Waals surface area contributed by atoms with Crippen LogP contribution in [0.1, 0.15) is 17.2 Å². The molecule has 4 rings (SSSR count). The molecule has 0 bridgehead atoms. The number of hydrogen-bond acceptors (Lipinski definition) is 5. The van der Waals surface area contributed by atoms with E-state index in [2.05, 4.69) is 44.3 Å². The molecule has 1 amide bonds. The minimum absolute atomic E-state index is 0.0184. The molecule has 0 radical (unpaired) electrons. The van der Waals surface area contributed by atoms with Gasteiger partial charge in [-0.05, 0) is 60.5 Å². The van der Waals surface area contributed by atoms with Gasteiger partial charge in [0.1, 0.15) is 11.6 Å². The van der Waals surface area contributed by atoms with Gasteiger partial charge in [0, 0.05) is 58.2 Å². The highest BCUT2D eigenvalue weighted by molar-refractivity contribution is 5.77. The number of nitrogens with zero attached hydrogens (tertiary/aromatic N) is 3. The van der Waals surface area contributed by atoms with Crippen molar-refractivity contribution in [1.82, 2.24) is 10.2 Å². The second-order valence-corrected chi connectivity index (χ2v) is 9.36. The molecule has 1 heterocycles. The molecular formula is C29H35FN4O2. The first-order valence-electron chi connectivity index (χ1n) is 12.4. The number of nitrogens with one attached hydrogen (secondary N) is 1. The molecule has 1 aliphatic rings. The summed E-state index contributed by atoms with van der Waals surface area (Å²) in [4.78, 5) is 19.4. The summed E-state index contributed by atoms with van der Waals surface area (Å²) in [6.07, 6.45) is 0. The van der Waals surface area contributed by atoms with E-state index in [1.165, 1.54) is 12.1 Å². The van der Waals surface area contributed by atoms with Gasteiger partial charge in [-0.3, -0.25) is 9.69 Å². The minimum atomic E-state index is -0.222. The highest BCUT2D eigenvalue weighted by Gasteiger charge is 2.26. The SMILES string of the molecule is Cc1ccccc1OCC(=O)NC[C@@H](c1ccc(N(C)C)cc1)N1CCN(c2ccc(F)cc2)CC1. The van der Waals surface area contributed by atoms with Crippen LogP contribution in [-0.2, 0) is 4.79 Å². The number of ether oxygens (including phenoxy) is 1. The highest BCUT2D eigenvalue weighted by Crippen LogP contribution is 2.26. The zero-order valence-corrected chi connectivity index (χ0v) is 21.3. The van der Waals surface area contributed by atoms with Crippen LogP contribution in [-0.4, -0.2) is 64.2 Å². The lowest BCUT2D eigenvalue weighted by molar-refractivity contribution is -0.123. The Morgan fingerprint density at radius 3 is 2.28 bits per heavy atom. The van der Waals surface area contributed by atoms with Gasteiger partial charge in [-0.1, -0.05) is 30.3 Å². The van der Waals surface area contributed by atoms with Gasteiger partial charge in [-0.15, -0.1) is 0 Å². The fourth-order valence-corrected chi connectivity index (χ4v) is 4.52. The lowest BCUT2D eigenvalue weighted by atomic mass is 10.0. The molecule has 0 saturated carbocycles. The molecule has 0 spiro atoms. The Kier molecular flexibility index (Phi) is 8.44. The molecule has 6 nitrogen and oxygen atoms in total. The van der Waals surface area contributed by atoms with Crippen molar-refractivity contribution in [2.45, 2.75) is 13.0 Å². The number of anilines is 2. The first-order valence-corrected chi connectivity index (χ1v) is 12.4.